The van der Waals surface area contributed by atoms with E-state index in [9.17, 15) is 9.59 Å². The van der Waals surface area contributed by atoms with Crippen LogP contribution in [-0.4, -0.2) is 84.7 Å². The molecule has 0 radical (unpaired) electrons. The molecule has 0 aliphatic carbocycles. The van der Waals surface area contributed by atoms with E-state index in [1.165, 1.54) is 11.3 Å². The summed E-state index contributed by atoms with van der Waals surface area (Å²) in [5.41, 5.74) is 0.663. The van der Waals surface area contributed by atoms with E-state index in [4.69, 9.17) is 4.74 Å². The predicted octanol–water partition coefficient (Wildman–Crippen LogP) is 1.88. The number of nitrogens with one attached hydrogen (secondary N) is 2. The van der Waals surface area contributed by atoms with Crippen LogP contribution in [0, 0.1) is 0 Å². The van der Waals surface area contributed by atoms with Crippen molar-refractivity contribution in [2.45, 2.75) is 26.2 Å². The van der Waals surface area contributed by atoms with Crippen molar-refractivity contribution in [1.82, 2.24) is 25.3 Å². The third-order valence-corrected chi connectivity index (χ3v) is 6.45. The third kappa shape index (κ3) is 7.54. The minimum atomic E-state index is -0.295. The minimum Gasteiger partial charge on any atom is -0.497 e. The molecule has 1 fully saturated rings. The number of piperazine rings is 1. The first-order valence-electron chi connectivity index (χ1n) is 11.1. The number of amides is 2. The molecule has 2 heterocycles. The highest BCUT2D eigenvalue weighted by Crippen LogP contribution is 2.18. The predicted molar refractivity (Wildman–Crippen MR) is 125 cm³/mol. The summed E-state index contributed by atoms with van der Waals surface area (Å²) in [5.74, 6) is 0.482. The second kappa shape index (κ2) is 12.5. The van der Waals surface area contributed by atoms with Gasteiger partial charge in [-0.3, -0.25) is 14.5 Å². The van der Waals surface area contributed by atoms with E-state index in [1.807, 2.05) is 0 Å². The molecule has 1 aromatic heterocycles. The van der Waals surface area contributed by atoms with Crippen molar-refractivity contribution in [3.05, 3.63) is 34.3 Å². The molecular formula is C22H32N6O3S. The van der Waals surface area contributed by atoms with Crippen LogP contribution in [0.2, 0.25) is 0 Å². The van der Waals surface area contributed by atoms with Gasteiger partial charge in [0.05, 0.1) is 7.11 Å². The molecule has 174 valence electrons. The third-order valence-electron chi connectivity index (χ3n) is 5.47. The summed E-state index contributed by atoms with van der Waals surface area (Å²) in [6, 6.07) is 7.09. The second-order valence-corrected chi connectivity index (χ2v) is 8.73. The van der Waals surface area contributed by atoms with E-state index < -0.39 is 0 Å². The van der Waals surface area contributed by atoms with Crippen LogP contribution in [0.25, 0.3) is 0 Å². The van der Waals surface area contributed by atoms with Gasteiger partial charge in [-0.15, -0.1) is 10.2 Å². The topological polar surface area (TPSA) is 99.7 Å². The van der Waals surface area contributed by atoms with Crippen LogP contribution in [0.5, 0.6) is 5.75 Å². The number of hydrogen-bond donors (Lipinski definition) is 2. The van der Waals surface area contributed by atoms with Crippen LogP contribution in [0.4, 0.5) is 5.69 Å². The Balaban J connectivity index is 1.31. The lowest BCUT2D eigenvalue weighted by atomic mass is 10.2. The molecule has 1 saturated heterocycles. The zero-order valence-electron chi connectivity index (χ0n) is 18.8. The number of likely N-dealkylation sites (N-methyl/N-ethyl adjacent to an activating group) is 1. The van der Waals surface area contributed by atoms with Crippen molar-refractivity contribution in [3.8, 4) is 5.75 Å². The number of aromatic nitrogens is 2. The van der Waals surface area contributed by atoms with E-state index in [1.54, 1.807) is 31.4 Å². The summed E-state index contributed by atoms with van der Waals surface area (Å²) >= 11 is 1.26. The zero-order valence-corrected chi connectivity index (χ0v) is 19.6. The number of ether oxygens (including phenoxy) is 1. The molecule has 2 aromatic rings. The molecule has 0 bridgehead atoms. The first-order chi connectivity index (χ1) is 15.6. The van der Waals surface area contributed by atoms with E-state index in [2.05, 4.69) is 37.6 Å². The monoisotopic (exact) mass is 460 g/mol. The highest BCUT2D eigenvalue weighted by Gasteiger charge is 2.16. The van der Waals surface area contributed by atoms with Crippen LogP contribution in [0.1, 0.15) is 34.6 Å². The molecule has 1 aliphatic heterocycles. The van der Waals surface area contributed by atoms with Gasteiger partial charge < -0.3 is 20.3 Å². The molecular weight excluding hydrogens is 428 g/mol. The van der Waals surface area contributed by atoms with E-state index in [-0.39, 0.29) is 11.8 Å². The largest absolute Gasteiger partial charge is 0.497 e. The molecule has 0 atom stereocenters. The van der Waals surface area contributed by atoms with Gasteiger partial charge in [0.25, 0.3) is 5.91 Å². The maximum Gasteiger partial charge on any atom is 0.286 e. The first-order valence-corrected chi connectivity index (χ1v) is 11.9. The summed E-state index contributed by atoms with van der Waals surface area (Å²) in [6.07, 6.45) is 1.74. The molecule has 0 spiro atoms. The number of nitrogens with zero attached hydrogens (tertiary/aromatic N) is 4. The molecule has 1 aromatic carbocycles. The second-order valence-electron chi connectivity index (χ2n) is 7.66. The van der Waals surface area contributed by atoms with Gasteiger partial charge in [-0.25, -0.2) is 0 Å². The molecule has 2 N–H and O–H groups in total. The maximum absolute atomic E-state index is 12.3. The Kier molecular flexibility index (Phi) is 9.39. The van der Waals surface area contributed by atoms with Crippen molar-refractivity contribution in [3.63, 3.8) is 0 Å². The van der Waals surface area contributed by atoms with Gasteiger partial charge in [0, 0.05) is 57.8 Å². The fourth-order valence-electron chi connectivity index (χ4n) is 3.48. The molecule has 10 heteroatoms. The highest BCUT2D eigenvalue weighted by atomic mass is 32.1. The molecule has 32 heavy (non-hydrogen) atoms. The Labute approximate surface area is 193 Å². The van der Waals surface area contributed by atoms with Crippen LogP contribution in [0.3, 0.4) is 0 Å². The number of carbonyl (C=O) groups excluding carboxylic acids is 2. The van der Waals surface area contributed by atoms with Crippen LogP contribution >= 0.6 is 11.3 Å². The average Bonchev–Trinajstić information content (AvgIpc) is 3.29. The Morgan fingerprint density at radius 3 is 2.50 bits per heavy atom. The van der Waals surface area contributed by atoms with E-state index in [0.29, 0.717) is 36.5 Å². The Morgan fingerprint density at radius 2 is 1.81 bits per heavy atom. The van der Waals surface area contributed by atoms with Gasteiger partial charge in [-0.1, -0.05) is 18.3 Å². The lowest BCUT2D eigenvalue weighted by Gasteiger charge is -2.33. The van der Waals surface area contributed by atoms with Gasteiger partial charge in [0.2, 0.25) is 10.9 Å². The van der Waals surface area contributed by atoms with Crippen molar-refractivity contribution in [2.75, 3.05) is 58.2 Å². The minimum absolute atomic E-state index is 0.0548. The van der Waals surface area contributed by atoms with Crippen molar-refractivity contribution < 1.29 is 14.3 Å². The quantitative estimate of drug-likeness (QED) is 0.528. The van der Waals surface area contributed by atoms with Gasteiger partial charge in [0.1, 0.15) is 10.8 Å². The highest BCUT2D eigenvalue weighted by molar-refractivity contribution is 7.13. The summed E-state index contributed by atoms with van der Waals surface area (Å²) in [6.45, 7) is 9.21. The first kappa shape index (κ1) is 24.1. The lowest BCUT2D eigenvalue weighted by Crippen LogP contribution is -2.48. The molecule has 0 saturated carbocycles. The smallest absolute Gasteiger partial charge is 0.286 e. The number of methoxy groups -OCH3 is 1. The number of benzene rings is 1. The molecule has 0 unspecified atom stereocenters. The number of anilines is 1. The summed E-state index contributed by atoms with van der Waals surface area (Å²) in [7, 11) is 1.59. The number of rotatable bonds is 11. The van der Waals surface area contributed by atoms with Gasteiger partial charge in [-0.2, -0.15) is 0 Å². The normalized spacial score (nSPS) is 14.8. The summed E-state index contributed by atoms with van der Waals surface area (Å²) < 4.78 is 5.11. The van der Waals surface area contributed by atoms with Crippen molar-refractivity contribution in [1.29, 1.82) is 0 Å². The number of aryl methyl sites for hydroxylation is 1. The lowest BCUT2D eigenvalue weighted by molar-refractivity contribution is -0.121. The fraction of sp³-hybridized carbons (Fsp3) is 0.545. The van der Waals surface area contributed by atoms with Crippen molar-refractivity contribution in [2.24, 2.45) is 0 Å². The van der Waals surface area contributed by atoms with Gasteiger partial charge in [0.15, 0.2) is 0 Å². The van der Waals surface area contributed by atoms with Crippen LogP contribution in [0.15, 0.2) is 24.3 Å². The zero-order chi connectivity index (χ0) is 22.8. The fourth-order valence-corrected chi connectivity index (χ4v) is 4.25. The van der Waals surface area contributed by atoms with Gasteiger partial charge >= 0.3 is 0 Å². The Morgan fingerprint density at radius 1 is 1.09 bits per heavy atom. The van der Waals surface area contributed by atoms with E-state index in [0.717, 1.165) is 50.0 Å². The maximum atomic E-state index is 12.3. The Hall–Kier alpha value is -2.56. The summed E-state index contributed by atoms with van der Waals surface area (Å²) in [4.78, 5) is 29.3. The van der Waals surface area contributed by atoms with Gasteiger partial charge in [-0.05, 0) is 37.2 Å². The van der Waals surface area contributed by atoms with Crippen molar-refractivity contribution >= 4 is 28.8 Å². The molecule has 1 aliphatic rings. The Bertz CT molecular complexity index is 865. The molecule has 9 nitrogen and oxygen atoms in total. The SMILES string of the molecule is CCN1CCN(CCNC(=O)CCCc2nnc(C(=O)Nc3ccc(OC)cc3)s2)CC1. The summed E-state index contributed by atoms with van der Waals surface area (Å²) in [5, 5.41) is 14.9. The van der Waals surface area contributed by atoms with Crippen LogP contribution < -0.4 is 15.4 Å². The average molecular weight is 461 g/mol. The number of carbonyl (C=O) groups is 2. The number of hydrogen-bond acceptors (Lipinski definition) is 8. The molecule has 3 rings (SSSR count). The van der Waals surface area contributed by atoms with Crippen LogP contribution in [-0.2, 0) is 11.2 Å². The van der Waals surface area contributed by atoms with E-state index >= 15 is 0 Å². The molecule has 2 amide bonds. The standard InChI is InChI=1S/C22H32N6O3S/c1-3-27-13-15-28(16-14-27)12-11-23-19(29)5-4-6-20-25-26-22(32-20)21(30)24-17-7-9-18(31-2)10-8-17/h7-10H,3-6,11-16H2,1-2H3,(H,23,29)(H,24,30).